The van der Waals surface area contributed by atoms with Gasteiger partial charge in [-0.25, -0.2) is 8.78 Å². The highest BCUT2D eigenvalue weighted by Crippen LogP contribution is 2.22. The molecule has 0 spiro atoms. The van der Waals surface area contributed by atoms with E-state index in [0.717, 1.165) is 12.1 Å². The molecule has 2 rings (SSSR count). The first kappa shape index (κ1) is 18.1. The SMILES string of the molecule is COc1ccc(F)c(C(=O)NCCc2n[nH]c(=S)n2C(C)C)c1F. The highest BCUT2D eigenvalue weighted by Gasteiger charge is 2.21. The van der Waals surface area contributed by atoms with Crippen LogP contribution in [0.25, 0.3) is 0 Å². The van der Waals surface area contributed by atoms with Gasteiger partial charge in [-0.15, -0.1) is 0 Å². The Balaban J connectivity index is 2.09. The number of nitrogens with one attached hydrogen (secondary N) is 2. The van der Waals surface area contributed by atoms with Crippen molar-refractivity contribution in [3.63, 3.8) is 0 Å². The zero-order valence-corrected chi connectivity index (χ0v) is 14.3. The molecule has 0 aliphatic rings. The molecule has 9 heteroatoms. The molecule has 2 aromatic rings. The Labute approximate surface area is 142 Å². The highest BCUT2D eigenvalue weighted by atomic mass is 32.1. The second-order valence-corrected chi connectivity index (χ2v) is 5.74. The summed E-state index contributed by atoms with van der Waals surface area (Å²) in [4.78, 5) is 12.1. The molecule has 0 radical (unpaired) electrons. The highest BCUT2D eigenvalue weighted by molar-refractivity contribution is 7.71. The van der Waals surface area contributed by atoms with Crippen LogP contribution in [0.3, 0.4) is 0 Å². The van der Waals surface area contributed by atoms with Crippen molar-refractivity contribution in [3.05, 3.63) is 39.9 Å². The molecule has 6 nitrogen and oxygen atoms in total. The molecule has 0 unspecified atom stereocenters. The number of halogens is 2. The third kappa shape index (κ3) is 3.61. The lowest BCUT2D eigenvalue weighted by molar-refractivity contribution is 0.0944. The molecule has 1 heterocycles. The summed E-state index contributed by atoms with van der Waals surface area (Å²) in [5.41, 5.74) is -0.669. The van der Waals surface area contributed by atoms with Crippen LogP contribution in [0.15, 0.2) is 12.1 Å². The Hall–Kier alpha value is -2.29. The number of hydrogen-bond donors (Lipinski definition) is 2. The summed E-state index contributed by atoms with van der Waals surface area (Å²) < 4.78 is 34.9. The molecule has 1 aromatic carbocycles. The number of carbonyl (C=O) groups is 1. The van der Waals surface area contributed by atoms with Gasteiger partial charge in [0.2, 0.25) is 0 Å². The summed E-state index contributed by atoms with van der Waals surface area (Å²) in [5.74, 6) is -2.37. The van der Waals surface area contributed by atoms with Crippen molar-refractivity contribution in [1.82, 2.24) is 20.1 Å². The first-order valence-electron chi connectivity index (χ1n) is 7.32. The predicted molar refractivity (Wildman–Crippen MR) is 86.7 cm³/mol. The van der Waals surface area contributed by atoms with E-state index in [1.54, 1.807) is 0 Å². The van der Waals surface area contributed by atoms with E-state index in [4.69, 9.17) is 17.0 Å². The quantitative estimate of drug-likeness (QED) is 0.781. The smallest absolute Gasteiger partial charge is 0.257 e. The minimum Gasteiger partial charge on any atom is -0.494 e. The number of nitrogens with zero attached hydrogens (tertiary/aromatic N) is 2. The number of benzene rings is 1. The number of ether oxygens (including phenoxy) is 1. The molecule has 0 aliphatic heterocycles. The van der Waals surface area contributed by atoms with E-state index in [2.05, 4.69) is 15.5 Å². The molecule has 24 heavy (non-hydrogen) atoms. The molecule has 2 N–H and O–H groups in total. The maximum Gasteiger partial charge on any atom is 0.257 e. The largest absolute Gasteiger partial charge is 0.494 e. The molecule has 0 aliphatic carbocycles. The Morgan fingerprint density at radius 2 is 2.17 bits per heavy atom. The van der Waals surface area contributed by atoms with Crippen molar-refractivity contribution >= 4 is 18.1 Å². The summed E-state index contributed by atoms with van der Waals surface area (Å²) in [7, 11) is 1.24. The molecule has 130 valence electrons. The fourth-order valence-corrected chi connectivity index (χ4v) is 2.68. The number of carbonyl (C=O) groups excluding carboxylic acids is 1. The Morgan fingerprint density at radius 1 is 1.46 bits per heavy atom. The maximum absolute atomic E-state index is 14.0. The molecule has 0 fully saturated rings. The molecule has 1 aromatic heterocycles. The van der Waals surface area contributed by atoms with Gasteiger partial charge in [0.15, 0.2) is 16.3 Å². The van der Waals surface area contributed by atoms with Gasteiger partial charge in [0.1, 0.15) is 17.2 Å². The monoisotopic (exact) mass is 356 g/mol. The minimum atomic E-state index is -1.03. The van der Waals surface area contributed by atoms with Crippen LogP contribution in [0, 0.1) is 16.4 Å². The lowest BCUT2D eigenvalue weighted by Crippen LogP contribution is -2.28. The topological polar surface area (TPSA) is 71.9 Å². The summed E-state index contributed by atoms with van der Waals surface area (Å²) in [6, 6.07) is 2.22. The van der Waals surface area contributed by atoms with Crippen LogP contribution in [0.5, 0.6) is 5.75 Å². The zero-order valence-electron chi connectivity index (χ0n) is 13.5. The standard InChI is InChI=1S/C15H18F2N4O2S/c1-8(2)21-11(19-20-15(21)24)6-7-18-14(22)12-9(16)4-5-10(23-3)13(12)17/h4-5,8H,6-7H2,1-3H3,(H,18,22)(H,20,24). The van der Waals surface area contributed by atoms with Gasteiger partial charge in [0.25, 0.3) is 5.91 Å². The number of aromatic amines is 1. The fourth-order valence-electron chi connectivity index (χ4n) is 2.32. The fraction of sp³-hybridized carbons (Fsp3) is 0.400. The van der Waals surface area contributed by atoms with Gasteiger partial charge in [-0.1, -0.05) is 0 Å². The molecule has 0 atom stereocenters. The number of rotatable bonds is 6. The van der Waals surface area contributed by atoms with E-state index in [-0.39, 0.29) is 18.3 Å². The van der Waals surface area contributed by atoms with Crippen LogP contribution in [0.1, 0.15) is 36.1 Å². The Bertz CT molecular complexity index is 801. The van der Waals surface area contributed by atoms with Crippen molar-refractivity contribution in [2.45, 2.75) is 26.3 Å². The maximum atomic E-state index is 14.0. The Morgan fingerprint density at radius 3 is 2.79 bits per heavy atom. The predicted octanol–water partition coefficient (Wildman–Crippen LogP) is 2.78. The van der Waals surface area contributed by atoms with E-state index >= 15 is 0 Å². The second kappa shape index (κ2) is 7.52. The lowest BCUT2D eigenvalue weighted by Gasteiger charge is -2.11. The van der Waals surface area contributed by atoms with E-state index in [0.29, 0.717) is 17.0 Å². The van der Waals surface area contributed by atoms with Crippen molar-refractivity contribution in [1.29, 1.82) is 0 Å². The average Bonchev–Trinajstić information content (AvgIpc) is 2.88. The van der Waals surface area contributed by atoms with E-state index in [9.17, 15) is 13.6 Å². The molecule has 0 saturated heterocycles. The first-order chi connectivity index (χ1) is 11.4. The number of amides is 1. The molecule has 0 bridgehead atoms. The Kier molecular flexibility index (Phi) is 5.66. The lowest BCUT2D eigenvalue weighted by atomic mass is 10.1. The average molecular weight is 356 g/mol. The van der Waals surface area contributed by atoms with Crippen LogP contribution in [0.2, 0.25) is 0 Å². The van der Waals surface area contributed by atoms with E-state index in [1.165, 1.54) is 7.11 Å². The van der Waals surface area contributed by atoms with Crippen LogP contribution in [-0.4, -0.2) is 34.3 Å². The van der Waals surface area contributed by atoms with Crippen LogP contribution < -0.4 is 10.1 Å². The van der Waals surface area contributed by atoms with Gasteiger partial charge in [-0.2, -0.15) is 5.10 Å². The summed E-state index contributed by atoms with van der Waals surface area (Å²) in [6.07, 6.45) is 0.365. The second-order valence-electron chi connectivity index (χ2n) is 5.35. The van der Waals surface area contributed by atoms with Gasteiger partial charge in [-0.05, 0) is 38.2 Å². The summed E-state index contributed by atoms with van der Waals surface area (Å²) >= 11 is 5.13. The number of H-pyrrole nitrogens is 1. The molecule has 1 amide bonds. The van der Waals surface area contributed by atoms with Gasteiger partial charge in [0, 0.05) is 19.0 Å². The van der Waals surface area contributed by atoms with Gasteiger partial charge in [0.05, 0.1) is 7.11 Å². The third-order valence-corrected chi connectivity index (χ3v) is 3.72. The normalized spacial score (nSPS) is 10.9. The number of aromatic nitrogens is 3. The first-order valence-corrected chi connectivity index (χ1v) is 7.73. The molecular weight excluding hydrogens is 338 g/mol. The van der Waals surface area contributed by atoms with Gasteiger partial charge < -0.3 is 14.6 Å². The zero-order chi connectivity index (χ0) is 17.9. The van der Waals surface area contributed by atoms with Crippen LogP contribution in [0.4, 0.5) is 8.78 Å². The third-order valence-electron chi connectivity index (χ3n) is 3.43. The van der Waals surface area contributed by atoms with E-state index < -0.39 is 23.1 Å². The van der Waals surface area contributed by atoms with Crippen molar-refractivity contribution in [2.24, 2.45) is 0 Å². The van der Waals surface area contributed by atoms with Gasteiger partial charge >= 0.3 is 0 Å². The molecule has 0 saturated carbocycles. The van der Waals surface area contributed by atoms with Crippen LogP contribution in [-0.2, 0) is 6.42 Å². The summed E-state index contributed by atoms with van der Waals surface area (Å²) in [6.45, 7) is 4.06. The van der Waals surface area contributed by atoms with E-state index in [1.807, 2.05) is 18.4 Å². The van der Waals surface area contributed by atoms with Gasteiger partial charge in [-0.3, -0.25) is 9.89 Å². The van der Waals surface area contributed by atoms with Crippen molar-refractivity contribution in [2.75, 3.05) is 13.7 Å². The van der Waals surface area contributed by atoms with Crippen molar-refractivity contribution in [3.8, 4) is 5.75 Å². The number of methoxy groups -OCH3 is 1. The minimum absolute atomic E-state index is 0.107. The summed E-state index contributed by atoms with van der Waals surface area (Å²) in [5, 5.41) is 9.26. The van der Waals surface area contributed by atoms with Crippen molar-refractivity contribution < 1.29 is 18.3 Å². The van der Waals surface area contributed by atoms with Crippen LogP contribution >= 0.6 is 12.2 Å². The molecular formula is C15H18F2N4O2S. The number of hydrogen-bond acceptors (Lipinski definition) is 4.